The van der Waals surface area contributed by atoms with Gasteiger partial charge in [-0.25, -0.2) is 0 Å². The highest BCUT2D eigenvalue weighted by Gasteiger charge is 1.84. The minimum atomic E-state index is 0.787. The second-order valence-electron chi connectivity index (χ2n) is 2.11. The topological polar surface area (TPSA) is 35.2 Å². The van der Waals surface area contributed by atoms with Gasteiger partial charge in [-0.05, 0) is 25.8 Å². The summed E-state index contributed by atoms with van der Waals surface area (Å²) < 4.78 is 5.23. The van der Waals surface area contributed by atoms with Gasteiger partial charge in [0.05, 0.1) is 0 Å². The van der Waals surface area contributed by atoms with E-state index in [0.717, 1.165) is 39.0 Å². The van der Waals surface area contributed by atoms with Crippen molar-refractivity contribution in [3.63, 3.8) is 0 Å². The fraction of sp³-hybridized carbons (Fsp3) is 1.00. The third-order valence-corrected chi connectivity index (χ3v) is 1.09. The van der Waals surface area contributed by atoms with Crippen LogP contribution in [0.4, 0.5) is 0 Å². The van der Waals surface area contributed by atoms with Crippen LogP contribution in [0.5, 0.6) is 0 Å². The van der Waals surface area contributed by atoms with Gasteiger partial charge < -0.3 is 10.5 Å². The maximum Gasteiger partial charge on any atom is 0.0466 e. The van der Waals surface area contributed by atoms with Crippen LogP contribution in [-0.2, 0) is 4.74 Å². The largest absolute Gasteiger partial charge is 0.381 e. The Bertz CT molecular complexity index is 42.2. The first kappa shape index (κ1) is 8.92. The number of nitrogens with two attached hydrogens (primary N) is 1. The van der Waals surface area contributed by atoms with Crippen molar-refractivity contribution in [2.24, 2.45) is 5.73 Å². The van der Waals surface area contributed by atoms with E-state index in [1.54, 1.807) is 0 Å². The molecule has 0 aliphatic carbocycles. The smallest absolute Gasteiger partial charge is 0.0466 e. The molecule has 0 spiro atoms. The van der Waals surface area contributed by atoms with Gasteiger partial charge in [0.2, 0.25) is 0 Å². The van der Waals surface area contributed by atoms with E-state index in [2.05, 4.69) is 6.92 Å². The lowest BCUT2D eigenvalue weighted by atomic mass is 10.3. The molecule has 0 radical (unpaired) electrons. The van der Waals surface area contributed by atoms with Gasteiger partial charge in [-0.15, -0.1) is 0 Å². The molecule has 9 heavy (non-hydrogen) atoms. The van der Waals surface area contributed by atoms with Crippen LogP contribution in [0.3, 0.4) is 0 Å². The Morgan fingerprint density at radius 2 is 2.00 bits per heavy atom. The Kier molecular flexibility index (Phi) is 7.85. The van der Waals surface area contributed by atoms with Gasteiger partial charge >= 0.3 is 0 Å². The fourth-order valence-electron chi connectivity index (χ4n) is 0.595. The van der Waals surface area contributed by atoms with Crippen LogP contribution in [0.2, 0.25) is 0 Å². The number of rotatable bonds is 6. The lowest BCUT2D eigenvalue weighted by Crippen LogP contribution is -2.02. The molecule has 56 valence electrons. The highest BCUT2D eigenvalue weighted by atomic mass is 16.5. The molecule has 0 aliphatic heterocycles. The molecule has 0 heterocycles. The van der Waals surface area contributed by atoms with Gasteiger partial charge in [0.15, 0.2) is 0 Å². The summed E-state index contributed by atoms with van der Waals surface area (Å²) in [5, 5.41) is 0. The summed E-state index contributed by atoms with van der Waals surface area (Å²) in [6, 6.07) is 0. The molecule has 0 aromatic rings. The van der Waals surface area contributed by atoms with E-state index in [1.165, 1.54) is 0 Å². The molecular formula is C7H17NO. The molecule has 0 aromatic carbocycles. The Morgan fingerprint density at radius 1 is 1.22 bits per heavy atom. The molecule has 0 unspecified atom stereocenters. The van der Waals surface area contributed by atoms with Crippen LogP contribution in [0, 0.1) is 0 Å². The number of hydrogen-bond acceptors (Lipinski definition) is 2. The van der Waals surface area contributed by atoms with Crippen LogP contribution in [-0.4, -0.2) is 19.8 Å². The molecule has 0 fully saturated rings. The van der Waals surface area contributed by atoms with E-state index < -0.39 is 0 Å². The van der Waals surface area contributed by atoms with Gasteiger partial charge in [0, 0.05) is 13.2 Å². The van der Waals surface area contributed by atoms with Gasteiger partial charge in [0.1, 0.15) is 0 Å². The van der Waals surface area contributed by atoms with Crippen molar-refractivity contribution >= 4 is 0 Å². The third-order valence-electron chi connectivity index (χ3n) is 1.09. The van der Waals surface area contributed by atoms with Crippen molar-refractivity contribution in [2.75, 3.05) is 19.8 Å². The predicted molar refractivity (Wildman–Crippen MR) is 39.4 cm³/mol. The van der Waals surface area contributed by atoms with Crippen molar-refractivity contribution in [1.82, 2.24) is 0 Å². The first-order chi connectivity index (χ1) is 4.41. The van der Waals surface area contributed by atoms with Crippen LogP contribution < -0.4 is 5.73 Å². The summed E-state index contributed by atoms with van der Waals surface area (Å²) in [5.74, 6) is 0. The van der Waals surface area contributed by atoms with Crippen molar-refractivity contribution in [3.8, 4) is 0 Å². The second kappa shape index (κ2) is 7.92. The highest BCUT2D eigenvalue weighted by Crippen LogP contribution is 1.88. The minimum Gasteiger partial charge on any atom is -0.381 e. The molecular weight excluding hydrogens is 114 g/mol. The van der Waals surface area contributed by atoms with Gasteiger partial charge in [-0.1, -0.05) is 6.92 Å². The Balaban J connectivity index is 2.60. The third kappa shape index (κ3) is 7.92. The van der Waals surface area contributed by atoms with E-state index in [9.17, 15) is 0 Å². The zero-order chi connectivity index (χ0) is 6.95. The molecule has 0 aliphatic rings. The summed E-state index contributed by atoms with van der Waals surface area (Å²) >= 11 is 0. The summed E-state index contributed by atoms with van der Waals surface area (Å²) in [7, 11) is 0. The van der Waals surface area contributed by atoms with Gasteiger partial charge in [-0.3, -0.25) is 0 Å². The number of unbranched alkanes of at least 4 members (excludes halogenated alkanes) is 1. The van der Waals surface area contributed by atoms with Crippen LogP contribution in [0.15, 0.2) is 0 Å². The maximum absolute atomic E-state index is 5.29. The highest BCUT2D eigenvalue weighted by molar-refractivity contribution is 4.38. The van der Waals surface area contributed by atoms with Gasteiger partial charge in [-0.2, -0.15) is 0 Å². The molecule has 0 atom stereocenters. The Morgan fingerprint density at radius 3 is 2.56 bits per heavy atom. The molecule has 2 nitrogen and oxygen atoms in total. The van der Waals surface area contributed by atoms with Crippen LogP contribution >= 0.6 is 0 Å². The second-order valence-corrected chi connectivity index (χ2v) is 2.11. The molecule has 0 bridgehead atoms. The summed E-state index contributed by atoms with van der Waals surface area (Å²) in [5.41, 5.74) is 5.29. The molecule has 2 heteroatoms. The van der Waals surface area contributed by atoms with Gasteiger partial charge in [0.25, 0.3) is 0 Å². The van der Waals surface area contributed by atoms with E-state index in [4.69, 9.17) is 10.5 Å². The number of ether oxygens (including phenoxy) is 1. The molecule has 2 N–H and O–H groups in total. The average molecular weight is 131 g/mol. The maximum atomic E-state index is 5.29. The van der Waals surface area contributed by atoms with E-state index in [1.807, 2.05) is 0 Å². The summed E-state index contributed by atoms with van der Waals surface area (Å²) in [6.45, 7) is 4.67. The van der Waals surface area contributed by atoms with Crippen LogP contribution in [0.1, 0.15) is 26.2 Å². The van der Waals surface area contributed by atoms with Crippen molar-refractivity contribution < 1.29 is 4.74 Å². The average Bonchev–Trinajstić information content (AvgIpc) is 1.89. The normalized spacial score (nSPS) is 10.0. The monoisotopic (exact) mass is 131 g/mol. The zero-order valence-electron chi connectivity index (χ0n) is 6.23. The van der Waals surface area contributed by atoms with Crippen molar-refractivity contribution in [3.05, 3.63) is 0 Å². The van der Waals surface area contributed by atoms with E-state index in [0.29, 0.717) is 0 Å². The summed E-state index contributed by atoms with van der Waals surface area (Å²) in [4.78, 5) is 0. The van der Waals surface area contributed by atoms with E-state index >= 15 is 0 Å². The molecule has 0 rings (SSSR count). The first-order valence-electron chi connectivity index (χ1n) is 3.69. The summed E-state index contributed by atoms with van der Waals surface area (Å²) in [6.07, 6.45) is 3.31. The molecule has 0 aromatic heterocycles. The first-order valence-corrected chi connectivity index (χ1v) is 3.69. The SMILES string of the molecule is CCCOCCCCN. The Hall–Kier alpha value is -0.0800. The minimum absolute atomic E-state index is 0.787. The lowest BCUT2D eigenvalue weighted by molar-refractivity contribution is 0.131. The Labute approximate surface area is 57.4 Å². The molecule has 0 saturated heterocycles. The lowest BCUT2D eigenvalue weighted by Gasteiger charge is -1.99. The predicted octanol–water partition coefficient (Wildman–Crippen LogP) is 1.15. The van der Waals surface area contributed by atoms with Crippen molar-refractivity contribution in [1.29, 1.82) is 0 Å². The molecule has 0 saturated carbocycles. The fourth-order valence-corrected chi connectivity index (χ4v) is 0.595. The number of hydrogen-bond donors (Lipinski definition) is 1. The van der Waals surface area contributed by atoms with Crippen LogP contribution in [0.25, 0.3) is 0 Å². The quantitative estimate of drug-likeness (QED) is 0.549. The molecule has 0 amide bonds. The standard InChI is InChI=1S/C7H17NO/c1-2-6-9-7-4-3-5-8/h2-8H2,1H3. The zero-order valence-corrected chi connectivity index (χ0v) is 6.23. The van der Waals surface area contributed by atoms with E-state index in [-0.39, 0.29) is 0 Å². The van der Waals surface area contributed by atoms with Crippen molar-refractivity contribution in [2.45, 2.75) is 26.2 Å².